The summed E-state index contributed by atoms with van der Waals surface area (Å²) in [4.78, 5) is 20.5. The van der Waals surface area contributed by atoms with E-state index < -0.39 is 5.97 Å². The van der Waals surface area contributed by atoms with Crippen LogP contribution in [-0.2, 0) is 9.53 Å². The summed E-state index contributed by atoms with van der Waals surface area (Å²) in [6, 6.07) is 19.6. The number of carbonyl (C=O) groups excluding carboxylic acids is 1. The highest BCUT2D eigenvalue weighted by molar-refractivity contribution is 5.78. The fraction of sp³-hybridized carbons (Fsp3) is 0.150. The van der Waals surface area contributed by atoms with Gasteiger partial charge in [-0.05, 0) is 6.92 Å². The third kappa shape index (κ3) is 4.20. The fourth-order valence-corrected chi connectivity index (χ4v) is 2.38. The van der Waals surface area contributed by atoms with Gasteiger partial charge in [0.05, 0.1) is 18.5 Å². The number of esters is 1. The van der Waals surface area contributed by atoms with Crippen molar-refractivity contribution >= 4 is 5.97 Å². The number of hydrogen-bond donors (Lipinski definition) is 0. The first-order valence-electron chi connectivity index (χ1n) is 8.04. The molecule has 0 aliphatic rings. The summed E-state index contributed by atoms with van der Waals surface area (Å²) in [6.45, 7) is 1.87. The SMILES string of the molecule is CCOC(=O)COc1cnc(-c2ccccc2)c(-c2ccccc2)n1. The average molecular weight is 334 g/mol. The van der Waals surface area contributed by atoms with E-state index in [-0.39, 0.29) is 12.5 Å². The van der Waals surface area contributed by atoms with E-state index in [0.29, 0.717) is 12.3 Å². The van der Waals surface area contributed by atoms with E-state index in [1.807, 2.05) is 60.7 Å². The lowest BCUT2D eigenvalue weighted by molar-refractivity contribution is -0.145. The Balaban J connectivity index is 1.95. The molecule has 0 unspecified atom stereocenters. The lowest BCUT2D eigenvalue weighted by atomic mass is 10.0. The Labute approximate surface area is 146 Å². The first-order chi connectivity index (χ1) is 12.3. The number of hydrogen-bond acceptors (Lipinski definition) is 5. The molecule has 126 valence electrons. The summed E-state index contributed by atoms with van der Waals surface area (Å²) in [5.41, 5.74) is 3.35. The molecule has 5 nitrogen and oxygen atoms in total. The number of ether oxygens (including phenoxy) is 2. The molecule has 0 radical (unpaired) electrons. The van der Waals surface area contributed by atoms with E-state index in [4.69, 9.17) is 9.47 Å². The number of benzene rings is 2. The third-order valence-electron chi connectivity index (χ3n) is 3.49. The van der Waals surface area contributed by atoms with Gasteiger partial charge in [-0.1, -0.05) is 60.7 Å². The molecule has 0 bridgehead atoms. The minimum absolute atomic E-state index is 0.193. The molecule has 3 aromatic rings. The molecular formula is C20H18N2O3. The van der Waals surface area contributed by atoms with Crippen LogP contribution in [0, 0.1) is 0 Å². The smallest absolute Gasteiger partial charge is 0.344 e. The largest absolute Gasteiger partial charge is 0.465 e. The van der Waals surface area contributed by atoms with Gasteiger partial charge in [-0.2, -0.15) is 0 Å². The Morgan fingerprint density at radius 3 is 2.12 bits per heavy atom. The van der Waals surface area contributed by atoms with Crippen LogP contribution in [0.2, 0.25) is 0 Å². The molecule has 1 heterocycles. The molecule has 0 aliphatic heterocycles. The highest BCUT2D eigenvalue weighted by atomic mass is 16.6. The summed E-state index contributed by atoms with van der Waals surface area (Å²) >= 11 is 0. The minimum atomic E-state index is -0.433. The maximum Gasteiger partial charge on any atom is 0.344 e. The normalized spacial score (nSPS) is 10.3. The van der Waals surface area contributed by atoms with Crippen LogP contribution >= 0.6 is 0 Å². The molecule has 0 amide bonds. The summed E-state index contributed by atoms with van der Waals surface area (Å²) in [6.07, 6.45) is 1.52. The molecular weight excluding hydrogens is 316 g/mol. The molecule has 0 saturated heterocycles. The number of aromatic nitrogens is 2. The Bertz CT molecular complexity index is 836. The monoisotopic (exact) mass is 334 g/mol. The maximum atomic E-state index is 11.5. The lowest BCUT2D eigenvalue weighted by Gasteiger charge is -2.11. The van der Waals surface area contributed by atoms with Gasteiger partial charge in [0.1, 0.15) is 5.69 Å². The van der Waals surface area contributed by atoms with E-state index in [0.717, 1.165) is 16.8 Å². The predicted molar refractivity (Wildman–Crippen MR) is 95.0 cm³/mol. The van der Waals surface area contributed by atoms with Gasteiger partial charge < -0.3 is 9.47 Å². The van der Waals surface area contributed by atoms with E-state index in [1.54, 1.807) is 6.92 Å². The van der Waals surface area contributed by atoms with E-state index in [2.05, 4.69) is 9.97 Å². The fourth-order valence-electron chi connectivity index (χ4n) is 2.38. The van der Waals surface area contributed by atoms with Gasteiger partial charge >= 0.3 is 5.97 Å². The number of rotatable bonds is 6. The third-order valence-corrected chi connectivity index (χ3v) is 3.49. The van der Waals surface area contributed by atoms with Crippen LogP contribution in [-0.4, -0.2) is 29.2 Å². The van der Waals surface area contributed by atoms with Gasteiger partial charge in [0.2, 0.25) is 5.88 Å². The number of carbonyl (C=O) groups is 1. The van der Waals surface area contributed by atoms with Crippen molar-refractivity contribution in [3.63, 3.8) is 0 Å². The maximum absolute atomic E-state index is 11.5. The molecule has 0 fully saturated rings. The molecule has 0 aliphatic carbocycles. The molecule has 1 aromatic heterocycles. The van der Waals surface area contributed by atoms with Gasteiger partial charge in [-0.25, -0.2) is 14.8 Å². The summed E-state index contributed by atoms with van der Waals surface area (Å²) in [7, 11) is 0. The van der Waals surface area contributed by atoms with Crippen molar-refractivity contribution in [3.05, 3.63) is 66.9 Å². The highest BCUT2D eigenvalue weighted by Gasteiger charge is 2.13. The zero-order valence-electron chi connectivity index (χ0n) is 13.9. The quantitative estimate of drug-likeness (QED) is 0.643. The average Bonchev–Trinajstić information content (AvgIpc) is 2.68. The standard InChI is InChI=1S/C20H18N2O3/c1-2-24-18(23)14-25-17-13-21-19(15-9-5-3-6-10-15)20(22-17)16-11-7-4-8-12-16/h3-13H,2,14H2,1H3. The van der Waals surface area contributed by atoms with Gasteiger partial charge in [0, 0.05) is 11.1 Å². The van der Waals surface area contributed by atoms with E-state index >= 15 is 0 Å². The van der Waals surface area contributed by atoms with Crippen LogP contribution in [0.5, 0.6) is 5.88 Å². The Morgan fingerprint density at radius 2 is 1.52 bits per heavy atom. The van der Waals surface area contributed by atoms with Crippen molar-refractivity contribution in [2.24, 2.45) is 0 Å². The Morgan fingerprint density at radius 1 is 0.920 bits per heavy atom. The van der Waals surface area contributed by atoms with Crippen LogP contribution in [0.4, 0.5) is 0 Å². The lowest BCUT2D eigenvalue weighted by Crippen LogP contribution is -2.15. The first kappa shape index (κ1) is 16.6. The first-order valence-corrected chi connectivity index (χ1v) is 8.04. The molecule has 0 N–H and O–H groups in total. The van der Waals surface area contributed by atoms with Crippen molar-refractivity contribution in [1.82, 2.24) is 9.97 Å². The number of nitrogens with zero attached hydrogens (tertiary/aromatic N) is 2. The van der Waals surface area contributed by atoms with Crippen molar-refractivity contribution in [1.29, 1.82) is 0 Å². The molecule has 0 spiro atoms. The zero-order chi connectivity index (χ0) is 17.5. The van der Waals surface area contributed by atoms with E-state index in [9.17, 15) is 4.79 Å². The van der Waals surface area contributed by atoms with Crippen molar-refractivity contribution in [2.75, 3.05) is 13.2 Å². The van der Waals surface area contributed by atoms with Crippen LogP contribution in [0.15, 0.2) is 66.9 Å². The second-order valence-corrected chi connectivity index (χ2v) is 5.23. The molecule has 3 rings (SSSR count). The van der Waals surface area contributed by atoms with Crippen LogP contribution in [0.25, 0.3) is 22.5 Å². The van der Waals surface area contributed by atoms with Crippen LogP contribution in [0.3, 0.4) is 0 Å². The minimum Gasteiger partial charge on any atom is -0.465 e. The molecule has 0 saturated carbocycles. The van der Waals surface area contributed by atoms with Gasteiger partial charge in [-0.15, -0.1) is 0 Å². The van der Waals surface area contributed by atoms with E-state index in [1.165, 1.54) is 6.20 Å². The molecule has 5 heteroatoms. The Hall–Kier alpha value is -3.21. The van der Waals surface area contributed by atoms with Crippen LogP contribution < -0.4 is 4.74 Å². The highest BCUT2D eigenvalue weighted by Crippen LogP contribution is 2.29. The van der Waals surface area contributed by atoms with Crippen molar-refractivity contribution in [3.8, 4) is 28.4 Å². The van der Waals surface area contributed by atoms with Crippen LogP contribution in [0.1, 0.15) is 6.92 Å². The molecule has 25 heavy (non-hydrogen) atoms. The molecule has 2 aromatic carbocycles. The predicted octanol–water partition coefficient (Wildman–Crippen LogP) is 3.75. The van der Waals surface area contributed by atoms with Gasteiger partial charge in [-0.3, -0.25) is 0 Å². The summed E-state index contributed by atoms with van der Waals surface area (Å²) in [5, 5.41) is 0. The second kappa shape index (κ2) is 8.06. The topological polar surface area (TPSA) is 61.3 Å². The van der Waals surface area contributed by atoms with Gasteiger partial charge in [0.15, 0.2) is 6.61 Å². The van der Waals surface area contributed by atoms with Gasteiger partial charge in [0.25, 0.3) is 0 Å². The Kier molecular flexibility index (Phi) is 5.36. The van der Waals surface area contributed by atoms with Crippen molar-refractivity contribution in [2.45, 2.75) is 6.92 Å². The van der Waals surface area contributed by atoms with Crippen molar-refractivity contribution < 1.29 is 14.3 Å². The summed E-state index contributed by atoms with van der Waals surface area (Å²) < 4.78 is 10.3. The summed E-state index contributed by atoms with van der Waals surface area (Å²) in [5.74, 6) is -0.149. The second-order valence-electron chi connectivity index (χ2n) is 5.23. The zero-order valence-corrected chi connectivity index (χ0v) is 13.9. The molecule has 0 atom stereocenters.